The molecule has 7 nitrogen and oxygen atoms in total. The monoisotopic (exact) mass is 310 g/mol. The number of aromatic nitrogens is 4. The number of carbonyl (C=O) groups is 1. The summed E-state index contributed by atoms with van der Waals surface area (Å²) in [6.45, 7) is 3.52. The maximum Gasteiger partial charge on any atom is 0.236 e. The molecule has 0 aliphatic carbocycles. The number of fused-ring (bicyclic) bond motifs is 1. The molecule has 0 aromatic carbocycles. The predicted molar refractivity (Wildman–Crippen MR) is 81.0 cm³/mol. The summed E-state index contributed by atoms with van der Waals surface area (Å²) in [5, 5.41) is 5.24. The number of aryl methyl sites for hydroxylation is 1. The minimum atomic E-state index is 0.0459. The minimum Gasteiger partial charge on any atom is -0.348 e. The van der Waals surface area contributed by atoms with Gasteiger partial charge in [-0.3, -0.25) is 14.4 Å². The second kappa shape index (κ2) is 6.36. The molecule has 1 amide bonds. The largest absolute Gasteiger partial charge is 0.348 e. The van der Waals surface area contributed by atoms with E-state index in [1.54, 1.807) is 29.9 Å². The molecule has 0 radical (unpaired) electrons. The average Bonchev–Trinajstić information content (AvgIpc) is 2.80. The molecule has 2 aromatic heterocycles. The zero-order valence-corrected chi connectivity index (χ0v) is 13.4. The molecule has 8 heteroatoms. The van der Waals surface area contributed by atoms with Crippen LogP contribution in [0.1, 0.15) is 12.7 Å². The van der Waals surface area contributed by atoms with E-state index in [1.165, 1.54) is 0 Å². The Balaban J connectivity index is 2.21. The third-order valence-corrected chi connectivity index (χ3v) is 3.55. The summed E-state index contributed by atoms with van der Waals surface area (Å²) in [6, 6.07) is 0. The number of rotatable bonds is 5. The third kappa shape index (κ3) is 3.48. The fraction of sp³-hybridized carbons (Fsp3) is 0.538. The molecule has 0 saturated carbocycles. The van der Waals surface area contributed by atoms with Crippen molar-refractivity contribution in [2.24, 2.45) is 7.05 Å². The topological polar surface area (TPSA) is 67.2 Å². The van der Waals surface area contributed by atoms with Crippen LogP contribution in [0, 0.1) is 0 Å². The molecule has 2 rings (SSSR count). The van der Waals surface area contributed by atoms with E-state index in [0.717, 1.165) is 11.9 Å². The summed E-state index contributed by atoms with van der Waals surface area (Å²) in [4.78, 5) is 24.1. The lowest BCUT2D eigenvalue weighted by Gasteiger charge is -2.21. The van der Waals surface area contributed by atoms with Crippen LogP contribution in [0.2, 0.25) is 5.15 Å². The standard InChI is InChI=1S/C13H19ClN6O/c1-5-20(8-11(21)18(2)3)7-10-16-12(14)9-6-15-19(4)13(9)17-10/h6H,5,7-8H2,1-4H3. The van der Waals surface area contributed by atoms with Gasteiger partial charge < -0.3 is 4.90 Å². The van der Waals surface area contributed by atoms with Gasteiger partial charge >= 0.3 is 0 Å². The molecular formula is C13H19ClN6O. The number of nitrogens with zero attached hydrogens (tertiary/aromatic N) is 6. The molecule has 0 spiro atoms. The summed E-state index contributed by atoms with van der Waals surface area (Å²) in [6.07, 6.45) is 1.65. The Labute approximate surface area is 128 Å². The Kier molecular flexibility index (Phi) is 4.74. The van der Waals surface area contributed by atoms with Gasteiger partial charge in [0, 0.05) is 21.1 Å². The molecule has 0 atom stereocenters. The SMILES string of the molecule is CCN(CC(=O)N(C)C)Cc1nc(Cl)c2cnn(C)c2n1. The van der Waals surface area contributed by atoms with Gasteiger partial charge in [-0.25, -0.2) is 9.97 Å². The quantitative estimate of drug-likeness (QED) is 0.769. The number of carbonyl (C=O) groups excluding carboxylic acids is 1. The van der Waals surface area contributed by atoms with Crippen molar-refractivity contribution >= 4 is 28.5 Å². The molecule has 0 aliphatic rings. The summed E-state index contributed by atoms with van der Waals surface area (Å²) in [5.41, 5.74) is 0.694. The lowest BCUT2D eigenvalue weighted by molar-refractivity contribution is -0.130. The molecule has 114 valence electrons. The van der Waals surface area contributed by atoms with E-state index in [1.807, 2.05) is 18.9 Å². The van der Waals surface area contributed by atoms with Gasteiger partial charge in [0.05, 0.1) is 24.7 Å². The van der Waals surface area contributed by atoms with E-state index in [0.29, 0.717) is 29.7 Å². The molecule has 21 heavy (non-hydrogen) atoms. The van der Waals surface area contributed by atoms with Crippen molar-refractivity contribution < 1.29 is 4.79 Å². The van der Waals surface area contributed by atoms with E-state index >= 15 is 0 Å². The Bertz CT molecular complexity index is 653. The minimum absolute atomic E-state index is 0.0459. The molecule has 0 aliphatic heterocycles. The van der Waals surface area contributed by atoms with Crippen LogP contribution in [0.5, 0.6) is 0 Å². The average molecular weight is 311 g/mol. The highest BCUT2D eigenvalue weighted by atomic mass is 35.5. The number of hydrogen-bond acceptors (Lipinski definition) is 5. The van der Waals surface area contributed by atoms with Crippen LogP contribution < -0.4 is 0 Å². The van der Waals surface area contributed by atoms with Crippen molar-refractivity contribution in [3.05, 3.63) is 17.2 Å². The fourth-order valence-electron chi connectivity index (χ4n) is 1.91. The molecule has 0 unspecified atom stereocenters. The Morgan fingerprint density at radius 3 is 2.71 bits per heavy atom. The number of hydrogen-bond donors (Lipinski definition) is 0. The molecule has 0 bridgehead atoms. The normalized spacial score (nSPS) is 11.3. The lowest BCUT2D eigenvalue weighted by Crippen LogP contribution is -2.36. The molecule has 0 saturated heterocycles. The van der Waals surface area contributed by atoms with Gasteiger partial charge in [0.1, 0.15) is 11.0 Å². The predicted octanol–water partition coefficient (Wildman–Crippen LogP) is 0.927. The molecule has 2 aromatic rings. The fourth-order valence-corrected chi connectivity index (χ4v) is 2.14. The maximum absolute atomic E-state index is 11.8. The van der Waals surface area contributed by atoms with Gasteiger partial charge in [0.25, 0.3) is 0 Å². The zero-order valence-electron chi connectivity index (χ0n) is 12.7. The van der Waals surface area contributed by atoms with Gasteiger partial charge in [-0.05, 0) is 6.54 Å². The van der Waals surface area contributed by atoms with E-state index in [-0.39, 0.29) is 5.91 Å². The van der Waals surface area contributed by atoms with Crippen molar-refractivity contribution in [1.29, 1.82) is 0 Å². The summed E-state index contributed by atoms with van der Waals surface area (Å²) in [7, 11) is 5.29. The van der Waals surface area contributed by atoms with E-state index < -0.39 is 0 Å². The zero-order chi connectivity index (χ0) is 15.6. The molecule has 0 fully saturated rings. The van der Waals surface area contributed by atoms with Crippen LogP contribution in [0.15, 0.2) is 6.20 Å². The van der Waals surface area contributed by atoms with Gasteiger partial charge in [0.2, 0.25) is 5.91 Å². The number of halogens is 1. The first-order valence-electron chi connectivity index (χ1n) is 6.69. The number of likely N-dealkylation sites (N-methyl/N-ethyl adjacent to an activating group) is 2. The lowest BCUT2D eigenvalue weighted by atomic mass is 10.4. The van der Waals surface area contributed by atoms with Crippen LogP contribution >= 0.6 is 11.6 Å². The first-order chi connectivity index (χ1) is 9.92. The van der Waals surface area contributed by atoms with Crippen LogP contribution in [0.3, 0.4) is 0 Å². The van der Waals surface area contributed by atoms with Crippen molar-refractivity contribution in [1.82, 2.24) is 29.5 Å². The van der Waals surface area contributed by atoms with Crippen LogP contribution in [-0.2, 0) is 18.4 Å². The van der Waals surface area contributed by atoms with E-state index in [4.69, 9.17) is 11.6 Å². The van der Waals surface area contributed by atoms with E-state index in [9.17, 15) is 4.79 Å². The Morgan fingerprint density at radius 1 is 1.38 bits per heavy atom. The highest BCUT2D eigenvalue weighted by molar-refractivity contribution is 6.33. The smallest absolute Gasteiger partial charge is 0.236 e. The van der Waals surface area contributed by atoms with Crippen molar-refractivity contribution in [2.75, 3.05) is 27.2 Å². The highest BCUT2D eigenvalue weighted by Gasteiger charge is 2.15. The Hall–Kier alpha value is -1.73. The van der Waals surface area contributed by atoms with Crippen molar-refractivity contribution in [3.8, 4) is 0 Å². The molecular weight excluding hydrogens is 292 g/mol. The van der Waals surface area contributed by atoms with Gasteiger partial charge in [0.15, 0.2) is 5.65 Å². The van der Waals surface area contributed by atoms with Gasteiger partial charge in [-0.15, -0.1) is 0 Å². The van der Waals surface area contributed by atoms with Gasteiger partial charge in [-0.2, -0.15) is 5.10 Å². The summed E-state index contributed by atoms with van der Waals surface area (Å²) < 4.78 is 1.66. The first kappa shape index (κ1) is 15.7. The summed E-state index contributed by atoms with van der Waals surface area (Å²) in [5.74, 6) is 0.633. The maximum atomic E-state index is 11.8. The molecule has 2 heterocycles. The first-order valence-corrected chi connectivity index (χ1v) is 7.06. The third-order valence-electron chi connectivity index (χ3n) is 3.26. The van der Waals surface area contributed by atoms with Crippen molar-refractivity contribution in [2.45, 2.75) is 13.5 Å². The van der Waals surface area contributed by atoms with Crippen LogP contribution in [0.25, 0.3) is 11.0 Å². The van der Waals surface area contributed by atoms with Crippen LogP contribution in [-0.4, -0.2) is 62.6 Å². The van der Waals surface area contributed by atoms with E-state index in [2.05, 4.69) is 15.1 Å². The molecule has 0 N–H and O–H groups in total. The summed E-state index contributed by atoms with van der Waals surface area (Å²) >= 11 is 6.16. The van der Waals surface area contributed by atoms with Crippen LogP contribution in [0.4, 0.5) is 0 Å². The van der Waals surface area contributed by atoms with Gasteiger partial charge in [-0.1, -0.05) is 18.5 Å². The second-order valence-electron chi connectivity index (χ2n) is 5.03. The van der Waals surface area contributed by atoms with Crippen molar-refractivity contribution in [3.63, 3.8) is 0 Å². The number of amides is 1. The Morgan fingerprint density at radius 2 is 2.10 bits per heavy atom. The second-order valence-corrected chi connectivity index (χ2v) is 5.39. The highest BCUT2D eigenvalue weighted by Crippen LogP contribution is 2.19.